The summed E-state index contributed by atoms with van der Waals surface area (Å²) in [6, 6.07) is 7.65. The Morgan fingerprint density at radius 1 is 1.41 bits per heavy atom. The predicted octanol–water partition coefficient (Wildman–Crippen LogP) is 2.93. The first kappa shape index (κ1) is 23.8. The number of hydrogen-bond donors (Lipinski definition) is 2. The van der Waals surface area contributed by atoms with Gasteiger partial charge in [-0.2, -0.15) is 0 Å². The number of morpholine rings is 1. The van der Waals surface area contributed by atoms with Crippen LogP contribution in [0.4, 0.5) is 5.69 Å². The smallest absolute Gasteiger partial charge is 0.244 e. The SMILES string of the molecule is C[C@H]1OCCN[C@@H]1C(=O)Nc1cccc(CN(C)Cc2cscn2)c1.Cl.Cl. The Labute approximate surface area is 176 Å². The van der Waals surface area contributed by atoms with Crippen molar-refractivity contribution >= 4 is 47.7 Å². The number of carbonyl (C=O) groups is 1. The van der Waals surface area contributed by atoms with Gasteiger partial charge in [-0.25, -0.2) is 4.98 Å². The average Bonchev–Trinajstić information content (AvgIpc) is 3.08. The highest BCUT2D eigenvalue weighted by molar-refractivity contribution is 7.07. The highest BCUT2D eigenvalue weighted by Gasteiger charge is 2.28. The minimum atomic E-state index is -0.315. The van der Waals surface area contributed by atoms with Crippen LogP contribution >= 0.6 is 36.2 Å². The monoisotopic (exact) mass is 432 g/mol. The van der Waals surface area contributed by atoms with Gasteiger partial charge in [-0.05, 0) is 31.7 Å². The van der Waals surface area contributed by atoms with Gasteiger partial charge in [0, 0.05) is 30.7 Å². The molecule has 2 aromatic rings. The molecule has 0 spiro atoms. The fourth-order valence-corrected chi connectivity index (χ4v) is 3.50. The van der Waals surface area contributed by atoms with Gasteiger partial charge in [0.1, 0.15) is 6.04 Å². The third-order valence-electron chi connectivity index (χ3n) is 4.16. The number of amides is 1. The molecule has 2 heterocycles. The highest BCUT2D eigenvalue weighted by atomic mass is 35.5. The summed E-state index contributed by atoms with van der Waals surface area (Å²) in [5, 5.41) is 8.26. The van der Waals surface area contributed by atoms with Gasteiger partial charge in [0.25, 0.3) is 0 Å². The van der Waals surface area contributed by atoms with Crippen molar-refractivity contribution in [3.05, 3.63) is 46.4 Å². The van der Waals surface area contributed by atoms with Crippen molar-refractivity contribution in [3.8, 4) is 0 Å². The molecular formula is C18H26Cl2N4O2S. The molecule has 0 radical (unpaired) electrons. The third-order valence-corrected chi connectivity index (χ3v) is 4.80. The van der Waals surface area contributed by atoms with Crippen molar-refractivity contribution in [1.82, 2.24) is 15.2 Å². The van der Waals surface area contributed by atoms with E-state index in [-0.39, 0.29) is 42.9 Å². The van der Waals surface area contributed by atoms with E-state index in [9.17, 15) is 4.79 Å². The average molecular weight is 433 g/mol. The van der Waals surface area contributed by atoms with Crippen LogP contribution in [0.1, 0.15) is 18.2 Å². The Bertz CT molecular complexity index is 702. The Morgan fingerprint density at radius 2 is 2.22 bits per heavy atom. The number of carbonyl (C=O) groups excluding carboxylic acids is 1. The van der Waals surface area contributed by atoms with E-state index in [1.165, 1.54) is 0 Å². The van der Waals surface area contributed by atoms with Crippen LogP contribution in [0.3, 0.4) is 0 Å². The van der Waals surface area contributed by atoms with E-state index in [4.69, 9.17) is 4.74 Å². The Balaban J connectivity index is 0.00000182. The molecule has 150 valence electrons. The summed E-state index contributed by atoms with van der Waals surface area (Å²) < 4.78 is 5.54. The molecule has 6 nitrogen and oxygen atoms in total. The zero-order chi connectivity index (χ0) is 17.6. The third kappa shape index (κ3) is 7.03. The number of thiazole rings is 1. The maximum absolute atomic E-state index is 12.5. The van der Waals surface area contributed by atoms with Gasteiger partial charge >= 0.3 is 0 Å². The summed E-state index contributed by atoms with van der Waals surface area (Å²) in [4.78, 5) is 19.0. The molecule has 2 atom stereocenters. The van der Waals surface area contributed by atoms with Crippen molar-refractivity contribution < 1.29 is 9.53 Å². The van der Waals surface area contributed by atoms with Crippen LogP contribution in [-0.2, 0) is 22.6 Å². The molecule has 1 aliphatic heterocycles. The predicted molar refractivity (Wildman–Crippen MR) is 114 cm³/mol. The zero-order valence-corrected chi connectivity index (χ0v) is 17.8. The zero-order valence-electron chi connectivity index (χ0n) is 15.4. The molecule has 9 heteroatoms. The second kappa shape index (κ2) is 11.6. The molecule has 1 fully saturated rings. The van der Waals surface area contributed by atoms with Gasteiger partial charge in [0.15, 0.2) is 0 Å². The van der Waals surface area contributed by atoms with E-state index >= 15 is 0 Å². The van der Waals surface area contributed by atoms with Crippen molar-refractivity contribution in [2.75, 3.05) is 25.5 Å². The van der Waals surface area contributed by atoms with Gasteiger partial charge in [-0.1, -0.05) is 12.1 Å². The molecule has 0 bridgehead atoms. The molecule has 2 N–H and O–H groups in total. The number of hydrogen-bond acceptors (Lipinski definition) is 6. The first-order valence-corrected chi connectivity index (χ1v) is 9.36. The van der Waals surface area contributed by atoms with Crippen molar-refractivity contribution in [3.63, 3.8) is 0 Å². The van der Waals surface area contributed by atoms with Crippen LogP contribution in [0.2, 0.25) is 0 Å². The lowest BCUT2D eigenvalue weighted by Gasteiger charge is -2.29. The summed E-state index contributed by atoms with van der Waals surface area (Å²) >= 11 is 1.61. The number of ether oxygens (including phenoxy) is 1. The maximum Gasteiger partial charge on any atom is 0.244 e. The molecule has 3 rings (SSSR count). The quantitative estimate of drug-likeness (QED) is 0.734. The van der Waals surface area contributed by atoms with E-state index in [1.807, 2.05) is 30.6 Å². The molecule has 1 aromatic heterocycles. The molecule has 0 aliphatic carbocycles. The van der Waals surface area contributed by atoms with Crippen LogP contribution in [0.5, 0.6) is 0 Å². The Morgan fingerprint density at radius 3 is 2.93 bits per heavy atom. The fourth-order valence-electron chi connectivity index (χ4n) is 2.95. The Kier molecular flexibility index (Phi) is 10.2. The number of nitrogens with zero attached hydrogens (tertiary/aromatic N) is 2. The van der Waals surface area contributed by atoms with Crippen LogP contribution < -0.4 is 10.6 Å². The maximum atomic E-state index is 12.5. The lowest BCUT2D eigenvalue weighted by atomic mass is 10.1. The number of rotatable bonds is 6. The van der Waals surface area contributed by atoms with Crippen molar-refractivity contribution in [2.45, 2.75) is 32.2 Å². The normalized spacial score (nSPS) is 19.1. The lowest BCUT2D eigenvalue weighted by Crippen LogP contribution is -2.53. The number of benzene rings is 1. The standard InChI is InChI=1S/C18H24N4O2S.2ClH/c1-13-17(19-6-7-24-13)18(23)21-15-5-3-4-14(8-15)9-22(2)10-16-11-25-12-20-16;;/h3-5,8,11-13,17,19H,6-7,9-10H2,1-2H3,(H,21,23);2*1H/t13-,17+;;/m1../s1. The van der Waals surface area contributed by atoms with Gasteiger partial charge in [0.05, 0.1) is 23.9 Å². The molecule has 0 saturated carbocycles. The van der Waals surface area contributed by atoms with Crippen LogP contribution in [-0.4, -0.2) is 48.1 Å². The minimum Gasteiger partial charge on any atom is -0.375 e. The van der Waals surface area contributed by atoms with Crippen molar-refractivity contribution in [1.29, 1.82) is 0 Å². The number of halogens is 2. The number of anilines is 1. The highest BCUT2D eigenvalue weighted by Crippen LogP contribution is 2.15. The van der Waals surface area contributed by atoms with Crippen LogP contribution in [0.25, 0.3) is 0 Å². The summed E-state index contributed by atoms with van der Waals surface area (Å²) in [5.41, 5.74) is 4.89. The summed E-state index contributed by atoms with van der Waals surface area (Å²) in [6.45, 7) is 4.86. The molecule has 1 aliphatic rings. The molecular weight excluding hydrogens is 407 g/mol. The second-order valence-corrected chi connectivity index (χ2v) is 7.07. The van der Waals surface area contributed by atoms with E-state index in [0.717, 1.165) is 30.0 Å². The summed E-state index contributed by atoms with van der Waals surface area (Å²) in [6.07, 6.45) is -0.124. The summed E-state index contributed by atoms with van der Waals surface area (Å²) in [5.74, 6) is -0.0554. The van der Waals surface area contributed by atoms with Gasteiger partial charge in [0.2, 0.25) is 5.91 Å². The second-order valence-electron chi connectivity index (χ2n) is 6.35. The minimum absolute atomic E-state index is 0. The molecule has 27 heavy (non-hydrogen) atoms. The number of nitrogens with one attached hydrogen (secondary N) is 2. The Hall–Kier alpha value is -1.22. The van der Waals surface area contributed by atoms with Gasteiger partial charge < -0.3 is 15.4 Å². The van der Waals surface area contributed by atoms with Crippen LogP contribution in [0, 0.1) is 0 Å². The topological polar surface area (TPSA) is 66.5 Å². The molecule has 0 unspecified atom stereocenters. The van der Waals surface area contributed by atoms with E-state index in [0.29, 0.717) is 13.2 Å². The molecule has 1 saturated heterocycles. The first-order valence-electron chi connectivity index (χ1n) is 8.42. The van der Waals surface area contributed by atoms with E-state index in [1.54, 1.807) is 11.3 Å². The fraction of sp³-hybridized carbons (Fsp3) is 0.444. The number of aromatic nitrogens is 1. The lowest BCUT2D eigenvalue weighted by molar-refractivity contribution is -0.123. The van der Waals surface area contributed by atoms with Gasteiger partial charge in [-0.3, -0.25) is 9.69 Å². The largest absolute Gasteiger partial charge is 0.375 e. The van der Waals surface area contributed by atoms with E-state index in [2.05, 4.69) is 39.0 Å². The summed E-state index contributed by atoms with van der Waals surface area (Å²) in [7, 11) is 2.07. The first-order chi connectivity index (χ1) is 12.1. The van der Waals surface area contributed by atoms with Crippen LogP contribution in [0.15, 0.2) is 35.2 Å². The van der Waals surface area contributed by atoms with Gasteiger partial charge in [-0.15, -0.1) is 36.2 Å². The molecule has 1 aromatic carbocycles. The van der Waals surface area contributed by atoms with Crippen molar-refractivity contribution in [2.24, 2.45) is 0 Å². The molecule has 1 amide bonds. The van der Waals surface area contributed by atoms with E-state index < -0.39 is 0 Å².